The zero-order valence-electron chi connectivity index (χ0n) is 63.0. The van der Waals surface area contributed by atoms with Crippen LogP contribution in [0.1, 0.15) is 376 Å². The molecular formula is C78H148O17P2. The van der Waals surface area contributed by atoms with E-state index in [-0.39, 0.29) is 25.7 Å². The number of phosphoric acid groups is 2. The van der Waals surface area contributed by atoms with Crippen molar-refractivity contribution in [3.05, 3.63) is 24.3 Å². The molecule has 0 aliphatic rings. The molecule has 0 aromatic carbocycles. The van der Waals surface area contributed by atoms with Gasteiger partial charge in [0, 0.05) is 25.7 Å². The number of unbranched alkanes of at least 4 members (excludes halogenated alkanes) is 39. The van der Waals surface area contributed by atoms with Crippen LogP contribution in [0.3, 0.4) is 0 Å². The number of aliphatic hydroxyl groups excluding tert-OH is 1. The Labute approximate surface area is 592 Å². The Kier molecular flexibility index (Phi) is 66.3. The summed E-state index contributed by atoms with van der Waals surface area (Å²) in [6, 6.07) is 0. The lowest BCUT2D eigenvalue weighted by Crippen LogP contribution is -2.30. The van der Waals surface area contributed by atoms with E-state index in [1.807, 2.05) is 0 Å². The quantitative estimate of drug-likeness (QED) is 0.0169. The fraction of sp³-hybridized carbons (Fsp3) is 0.897. The predicted octanol–water partition coefficient (Wildman–Crippen LogP) is 22.5. The first-order valence-corrected chi connectivity index (χ1v) is 42.7. The molecule has 0 aliphatic carbocycles. The molecule has 0 saturated heterocycles. The molecule has 0 heterocycles. The van der Waals surface area contributed by atoms with Crippen LogP contribution >= 0.6 is 15.6 Å². The minimum absolute atomic E-state index is 0.0845. The van der Waals surface area contributed by atoms with Crippen molar-refractivity contribution >= 4 is 39.5 Å². The molecule has 572 valence electrons. The number of allylic oxidation sites excluding steroid dienone is 4. The standard InChI is InChI=1S/C78H148O17P2/c1-8-9-10-11-12-13-14-15-18-22-25-32-39-47-54-61-77(82)94-73(65-88-75(80)59-52-45-38-31-28-27-30-36-43-50-57-70(4)5)67-92-96(84,85)90-63-72(79)64-91-97(86,87)93-68-74(66-89-76(81)60-53-46-41-34-37-44-51-58-71(6)7)95-78(83)62-55-48-40-33-26-23-20-17-16-19-21-24-29-35-42-49-56-69(2)3/h13-15,18,69-74,79H,8-12,16-17,19-68H2,1-7H3,(H,84,85)(H,86,87)/b14-13-,18-15-/t72?,73-,74-/m1/s1. The van der Waals surface area contributed by atoms with Crippen LogP contribution in [0.2, 0.25) is 0 Å². The Bertz CT molecular complexity index is 1980. The summed E-state index contributed by atoms with van der Waals surface area (Å²) >= 11 is 0. The van der Waals surface area contributed by atoms with E-state index in [1.165, 1.54) is 167 Å². The van der Waals surface area contributed by atoms with E-state index < -0.39 is 97.5 Å². The summed E-state index contributed by atoms with van der Waals surface area (Å²) in [6.45, 7) is 11.8. The molecule has 97 heavy (non-hydrogen) atoms. The lowest BCUT2D eigenvalue weighted by Gasteiger charge is -2.21. The molecule has 0 saturated carbocycles. The summed E-state index contributed by atoms with van der Waals surface area (Å²) in [4.78, 5) is 72.8. The molecule has 0 aromatic heterocycles. The highest BCUT2D eigenvalue weighted by Crippen LogP contribution is 2.45. The van der Waals surface area contributed by atoms with Crippen molar-refractivity contribution in [3.63, 3.8) is 0 Å². The number of aliphatic hydroxyl groups is 1. The molecule has 0 aromatic rings. The molecule has 3 unspecified atom stereocenters. The van der Waals surface area contributed by atoms with Crippen molar-refractivity contribution in [2.75, 3.05) is 39.6 Å². The van der Waals surface area contributed by atoms with Crippen molar-refractivity contribution < 1.29 is 80.2 Å². The molecule has 19 heteroatoms. The molecule has 0 rings (SSSR count). The number of phosphoric ester groups is 2. The van der Waals surface area contributed by atoms with Crippen LogP contribution in [0.5, 0.6) is 0 Å². The van der Waals surface area contributed by atoms with Gasteiger partial charge in [-0.2, -0.15) is 0 Å². The highest BCUT2D eigenvalue weighted by atomic mass is 31.2. The maximum Gasteiger partial charge on any atom is 0.472 e. The average molecular weight is 1420 g/mol. The van der Waals surface area contributed by atoms with E-state index in [0.29, 0.717) is 31.6 Å². The lowest BCUT2D eigenvalue weighted by atomic mass is 10.0. The van der Waals surface area contributed by atoms with Gasteiger partial charge in [0.1, 0.15) is 19.3 Å². The van der Waals surface area contributed by atoms with Crippen LogP contribution in [0, 0.1) is 17.8 Å². The maximum absolute atomic E-state index is 13.1. The van der Waals surface area contributed by atoms with E-state index in [0.717, 1.165) is 121 Å². The average Bonchev–Trinajstić information content (AvgIpc) is 1.21. The Morgan fingerprint density at radius 2 is 0.557 bits per heavy atom. The number of hydrogen-bond acceptors (Lipinski definition) is 15. The fourth-order valence-electron chi connectivity index (χ4n) is 11.4. The smallest absolute Gasteiger partial charge is 0.462 e. The lowest BCUT2D eigenvalue weighted by molar-refractivity contribution is -0.161. The zero-order chi connectivity index (χ0) is 71.6. The van der Waals surface area contributed by atoms with Gasteiger partial charge in [0.25, 0.3) is 0 Å². The highest BCUT2D eigenvalue weighted by molar-refractivity contribution is 7.47. The van der Waals surface area contributed by atoms with E-state index in [2.05, 4.69) is 72.8 Å². The SMILES string of the molecule is CCCCCC/C=C\C=C/CCCCCCCC(=O)O[C@H](COC(=O)CCCCCCCCCCCCC(C)C)COP(=O)(O)OCC(O)COP(=O)(O)OC[C@@H](COC(=O)CCCCCCCCCC(C)C)OC(=O)CCCCCCCCCCCCCCCCCCC(C)C. The Morgan fingerprint density at radius 3 is 0.835 bits per heavy atom. The maximum atomic E-state index is 13.1. The van der Waals surface area contributed by atoms with E-state index in [9.17, 15) is 43.2 Å². The molecule has 3 N–H and O–H groups in total. The third kappa shape index (κ3) is 71.7. The van der Waals surface area contributed by atoms with Crippen molar-refractivity contribution in [1.29, 1.82) is 0 Å². The van der Waals surface area contributed by atoms with Gasteiger partial charge in [-0.15, -0.1) is 0 Å². The molecule has 0 spiro atoms. The Balaban J connectivity index is 5.26. The number of ether oxygens (including phenoxy) is 4. The molecule has 0 amide bonds. The third-order valence-electron chi connectivity index (χ3n) is 17.5. The van der Waals surface area contributed by atoms with Crippen molar-refractivity contribution in [2.24, 2.45) is 17.8 Å². The number of hydrogen-bond donors (Lipinski definition) is 3. The van der Waals surface area contributed by atoms with Crippen LogP contribution in [-0.2, 0) is 65.4 Å². The number of carbonyl (C=O) groups excluding carboxylic acids is 4. The summed E-state index contributed by atoms with van der Waals surface area (Å²) in [5.41, 5.74) is 0. The second kappa shape index (κ2) is 68.0. The second-order valence-electron chi connectivity index (χ2n) is 28.8. The van der Waals surface area contributed by atoms with Gasteiger partial charge >= 0.3 is 39.5 Å². The molecular weight excluding hydrogens is 1270 g/mol. The molecule has 17 nitrogen and oxygen atoms in total. The predicted molar refractivity (Wildman–Crippen MR) is 395 cm³/mol. The zero-order valence-corrected chi connectivity index (χ0v) is 64.8. The van der Waals surface area contributed by atoms with Gasteiger partial charge in [0.2, 0.25) is 0 Å². The van der Waals surface area contributed by atoms with Gasteiger partial charge in [-0.3, -0.25) is 37.3 Å². The van der Waals surface area contributed by atoms with Crippen LogP contribution < -0.4 is 0 Å². The Morgan fingerprint density at radius 1 is 0.320 bits per heavy atom. The topological polar surface area (TPSA) is 237 Å². The van der Waals surface area contributed by atoms with Gasteiger partial charge < -0.3 is 33.8 Å². The van der Waals surface area contributed by atoms with Crippen LogP contribution in [0.25, 0.3) is 0 Å². The summed E-state index contributed by atoms with van der Waals surface area (Å²) in [7, 11) is -9.93. The van der Waals surface area contributed by atoms with E-state index in [4.69, 9.17) is 37.0 Å². The first-order chi connectivity index (χ1) is 46.7. The highest BCUT2D eigenvalue weighted by Gasteiger charge is 2.30. The monoisotopic (exact) mass is 1420 g/mol. The number of carbonyl (C=O) groups is 4. The third-order valence-corrected chi connectivity index (χ3v) is 19.4. The normalized spacial score (nSPS) is 14.2. The van der Waals surface area contributed by atoms with Crippen LogP contribution in [0.4, 0.5) is 0 Å². The summed E-state index contributed by atoms with van der Waals surface area (Å²) in [6.07, 6.45) is 57.8. The van der Waals surface area contributed by atoms with Crippen molar-refractivity contribution in [3.8, 4) is 0 Å². The van der Waals surface area contributed by atoms with Crippen LogP contribution in [0.15, 0.2) is 24.3 Å². The number of rotatable bonds is 74. The van der Waals surface area contributed by atoms with Crippen molar-refractivity contribution in [2.45, 2.75) is 394 Å². The van der Waals surface area contributed by atoms with Gasteiger partial charge in [-0.1, -0.05) is 323 Å². The molecule has 0 fully saturated rings. The Hall–Kier alpha value is -2.46. The minimum Gasteiger partial charge on any atom is -0.462 e. The number of esters is 4. The van der Waals surface area contributed by atoms with Crippen LogP contribution in [-0.4, -0.2) is 96.7 Å². The molecule has 0 aliphatic heterocycles. The first kappa shape index (κ1) is 94.5. The van der Waals surface area contributed by atoms with Crippen molar-refractivity contribution in [1.82, 2.24) is 0 Å². The summed E-state index contributed by atoms with van der Waals surface area (Å²) in [5.74, 6) is 0.120. The molecule has 5 atom stereocenters. The summed E-state index contributed by atoms with van der Waals surface area (Å²) < 4.78 is 68.5. The van der Waals surface area contributed by atoms with Gasteiger partial charge in [0.15, 0.2) is 12.2 Å². The van der Waals surface area contributed by atoms with E-state index >= 15 is 0 Å². The van der Waals surface area contributed by atoms with Gasteiger partial charge in [0.05, 0.1) is 26.4 Å². The molecule has 0 radical (unpaired) electrons. The molecule has 0 bridgehead atoms. The first-order valence-electron chi connectivity index (χ1n) is 39.7. The largest absolute Gasteiger partial charge is 0.472 e. The van der Waals surface area contributed by atoms with Gasteiger partial charge in [-0.25, -0.2) is 9.13 Å². The fourth-order valence-corrected chi connectivity index (χ4v) is 13.0. The van der Waals surface area contributed by atoms with E-state index in [1.54, 1.807) is 0 Å². The summed E-state index contributed by atoms with van der Waals surface area (Å²) in [5, 5.41) is 10.6. The second-order valence-corrected chi connectivity index (χ2v) is 31.7. The van der Waals surface area contributed by atoms with Gasteiger partial charge in [-0.05, 0) is 69.1 Å². The minimum atomic E-state index is -4.97.